The molecule has 4 aliphatic rings. The van der Waals surface area contributed by atoms with Crippen LogP contribution in [-0.2, 0) is 19.1 Å². The molecule has 1 N–H and O–H groups in total. The van der Waals surface area contributed by atoms with Gasteiger partial charge < -0.3 is 29.3 Å². The molecule has 4 aliphatic heterocycles. The highest BCUT2D eigenvalue weighted by molar-refractivity contribution is 6.07. The molecule has 9 heteroatoms. The Morgan fingerprint density at radius 3 is 2.20 bits per heavy atom. The molecule has 208 valence electrons. The van der Waals surface area contributed by atoms with Gasteiger partial charge in [-0.25, -0.2) is 0 Å². The van der Waals surface area contributed by atoms with Crippen LogP contribution in [0.1, 0.15) is 13.3 Å². The Morgan fingerprint density at radius 1 is 0.875 bits per heavy atom. The van der Waals surface area contributed by atoms with Crippen molar-refractivity contribution in [1.29, 1.82) is 0 Å². The first-order valence-electron chi connectivity index (χ1n) is 13.6. The van der Waals surface area contributed by atoms with Crippen LogP contribution in [0.2, 0.25) is 0 Å². The lowest BCUT2D eigenvalue weighted by Gasteiger charge is -2.37. The lowest BCUT2D eigenvalue weighted by Crippen LogP contribution is -2.56. The summed E-state index contributed by atoms with van der Waals surface area (Å²) in [5, 5.41) is 9.62. The van der Waals surface area contributed by atoms with Gasteiger partial charge in [-0.15, -0.1) is 0 Å². The highest BCUT2D eigenvalue weighted by atomic mass is 16.5. The summed E-state index contributed by atoms with van der Waals surface area (Å²) in [6, 6.07) is 15.6. The van der Waals surface area contributed by atoms with E-state index in [-0.39, 0.29) is 37.4 Å². The molecule has 0 aliphatic carbocycles. The number of rotatable bonds is 6. The van der Waals surface area contributed by atoms with E-state index in [0.29, 0.717) is 24.4 Å². The van der Waals surface area contributed by atoms with Crippen molar-refractivity contribution >= 4 is 29.1 Å². The maximum absolute atomic E-state index is 14.4. The zero-order valence-electron chi connectivity index (χ0n) is 22.6. The lowest BCUT2D eigenvalue weighted by atomic mass is 9.74. The SMILES string of the molecule is COc1ccc(N2CC=C[C@]34O[C@@]5(C)C=CCN(c6ccccc6)C(=O)[C@H]5[C@H]3C(=O)N(CCCO)C4C2=O)cc1. The zero-order valence-corrected chi connectivity index (χ0v) is 22.6. The fraction of sp³-hybridized carbons (Fsp3) is 0.387. The number of hydrogen-bond acceptors (Lipinski definition) is 6. The first-order chi connectivity index (χ1) is 19.3. The molecule has 1 unspecified atom stereocenters. The highest BCUT2D eigenvalue weighted by Crippen LogP contribution is 2.57. The Morgan fingerprint density at radius 2 is 1.52 bits per heavy atom. The van der Waals surface area contributed by atoms with Crippen molar-refractivity contribution in [3.63, 3.8) is 0 Å². The monoisotopic (exact) mass is 543 g/mol. The van der Waals surface area contributed by atoms with E-state index in [9.17, 15) is 19.5 Å². The molecular weight excluding hydrogens is 510 g/mol. The number of para-hydroxylation sites is 1. The summed E-state index contributed by atoms with van der Waals surface area (Å²) >= 11 is 0. The van der Waals surface area contributed by atoms with Gasteiger partial charge in [-0.05, 0) is 49.7 Å². The quantitative estimate of drug-likeness (QED) is 0.563. The van der Waals surface area contributed by atoms with Gasteiger partial charge in [-0.3, -0.25) is 14.4 Å². The number of amides is 3. The molecule has 5 atom stereocenters. The van der Waals surface area contributed by atoms with Gasteiger partial charge in [-0.1, -0.05) is 42.5 Å². The van der Waals surface area contributed by atoms with Gasteiger partial charge in [0.15, 0.2) is 0 Å². The third-order valence-electron chi connectivity index (χ3n) is 8.57. The second kappa shape index (κ2) is 9.91. The molecule has 0 bridgehead atoms. The molecule has 0 radical (unpaired) electrons. The van der Waals surface area contributed by atoms with Crippen molar-refractivity contribution in [3.05, 3.63) is 78.9 Å². The number of aliphatic hydroxyl groups excluding tert-OH is 1. The Balaban J connectivity index is 1.45. The van der Waals surface area contributed by atoms with Gasteiger partial charge in [0.05, 0.1) is 24.5 Å². The summed E-state index contributed by atoms with van der Waals surface area (Å²) in [6.45, 7) is 2.51. The number of methoxy groups -OCH3 is 1. The number of nitrogens with zero attached hydrogens (tertiary/aromatic N) is 3. The Hall–Kier alpha value is -3.95. The number of ether oxygens (including phenoxy) is 2. The van der Waals surface area contributed by atoms with Crippen molar-refractivity contribution in [2.45, 2.75) is 30.6 Å². The molecule has 1 spiro atoms. The number of carbonyl (C=O) groups excluding carboxylic acids is 3. The average molecular weight is 544 g/mol. The Labute approximate surface area is 233 Å². The fourth-order valence-electron chi connectivity index (χ4n) is 6.84. The van der Waals surface area contributed by atoms with Crippen LogP contribution in [0.25, 0.3) is 0 Å². The molecule has 2 fully saturated rings. The summed E-state index contributed by atoms with van der Waals surface area (Å²) in [7, 11) is 1.58. The number of aliphatic hydroxyl groups is 1. The van der Waals surface area contributed by atoms with E-state index < -0.39 is 29.1 Å². The van der Waals surface area contributed by atoms with Gasteiger partial charge in [0, 0.05) is 37.6 Å². The molecule has 2 aromatic carbocycles. The van der Waals surface area contributed by atoms with Gasteiger partial charge in [0.2, 0.25) is 11.8 Å². The molecule has 2 saturated heterocycles. The maximum atomic E-state index is 14.4. The van der Waals surface area contributed by atoms with E-state index in [1.807, 2.05) is 61.6 Å². The van der Waals surface area contributed by atoms with Crippen LogP contribution in [0, 0.1) is 11.8 Å². The second-order valence-corrected chi connectivity index (χ2v) is 10.8. The number of carbonyl (C=O) groups is 3. The highest BCUT2D eigenvalue weighted by Gasteiger charge is 2.74. The summed E-state index contributed by atoms with van der Waals surface area (Å²) in [5.74, 6) is -1.89. The largest absolute Gasteiger partial charge is 0.497 e. The van der Waals surface area contributed by atoms with Crippen molar-refractivity contribution in [1.82, 2.24) is 4.90 Å². The third kappa shape index (κ3) is 3.87. The van der Waals surface area contributed by atoms with E-state index >= 15 is 0 Å². The van der Waals surface area contributed by atoms with Crippen molar-refractivity contribution < 1.29 is 29.0 Å². The van der Waals surface area contributed by atoms with Crippen LogP contribution in [0.4, 0.5) is 11.4 Å². The second-order valence-electron chi connectivity index (χ2n) is 10.8. The minimum atomic E-state index is -1.34. The zero-order chi connectivity index (χ0) is 28.1. The molecular formula is C31H33N3O6. The van der Waals surface area contributed by atoms with Gasteiger partial charge in [0.25, 0.3) is 5.91 Å². The molecule has 9 nitrogen and oxygen atoms in total. The van der Waals surface area contributed by atoms with Crippen molar-refractivity contribution in [3.8, 4) is 5.75 Å². The number of anilines is 2. The van der Waals surface area contributed by atoms with E-state index in [1.54, 1.807) is 41.2 Å². The number of benzene rings is 2. The number of likely N-dealkylation sites (tertiary alicyclic amines) is 1. The van der Waals surface area contributed by atoms with Crippen LogP contribution >= 0.6 is 0 Å². The van der Waals surface area contributed by atoms with Gasteiger partial charge in [0.1, 0.15) is 17.4 Å². The van der Waals surface area contributed by atoms with Crippen LogP contribution < -0.4 is 14.5 Å². The lowest BCUT2D eigenvalue weighted by molar-refractivity contribution is -0.144. The smallest absolute Gasteiger partial charge is 0.253 e. The maximum Gasteiger partial charge on any atom is 0.253 e. The van der Waals surface area contributed by atoms with E-state index in [1.165, 1.54) is 4.90 Å². The van der Waals surface area contributed by atoms with E-state index in [0.717, 1.165) is 5.69 Å². The number of fused-ring (bicyclic) bond motifs is 2. The van der Waals surface area contributed by atoms with Crippen LogP contribution in [-0.4, -0.2) is 78.3 Å². The van der Waals surface area contributed by atoms with Crippen LogP contribution in [0.3, 0.4) is 0 Å². The predicted molar refractivity (Wildman–Crippen MR) is 149 cm³/mol. The summed E-state index contributed by atoms with van der Waals surface area (Å²) in [5.41, 5.74) is -1.04. The van der Waals surface area contributed by atoms with Crippen LogP contribution in [0.5, 0.6) is 5.75 Å². The Kier molecular flexibility index (Phi) is 6.51. The molecule has 40 heavy (non-hydrogen) atoms. The Bertz CT molecular complexity index is 1380. The molecule has 0 aromatic heterocycles. The molecule has 0 saturated carbocycles. The van der Waals surface area contributed by atoms with E-state index in [2.05, 4.69) is 0 Å². The van der Waals surface area contributed by atoms with E-state index in [4.69, 9.17) is 9.47 Å². The molecule has 4 heterocycles. The molecule has 3 amide bonds. The van der Waals surface area contributed by atoms with Gasteiger partial charge in [-0.2, -0.15) is 0 Å². The normalized spacial score (nSPS) is 31.1. The predicted octanol–water partition coefficient (Wildman–Crippen LogP) is 2.55. The first kappa shape index (κ1) is 26.3. The summed E-state index contributed by atoms with van der Waals surface area (Å²) < 4.78 is 12.1. The van der Waals surface area contributed by atoms with Crippen molar-refractivity contribution in [2.75, 3.05) is 43.2 Å². The molecule has 2 aromatic rings. The first-order valence-corrected chi connectivity index (χ1v) is 13.6. The topological polar surface area (TPSA) is 99.6 Å². The standard InChI is InChI=1S/C31H33N3O6/c1-30-15-6-17-32(21-9-4-3-5-10-21)27(36)24(30)25-28(37)34(19-8-20-35)26-29(38)33(18-7-16-31(25,26)40-30)22-11-13-23(39-2)14-12-22/h3-7,9-16,24-26,35H,8,17-20H2,1-2H3/t24-,25+,26?,30+,31+/m1/s1. The van der Waals surface area contributed by atoms with Crippen molar-refractivity contribution in [2.24, 2.45) is 11.8 Å². The third-order valence-corrected chi connectivity index (χ3v) is 8.57. The molecule has 6 rings (SSSR count). The summed E-state index contributed by atoms with van der Waals surface area (Å²) in [6.07, 6.45) is 7.76. The van der Waals surface area contributed by atoms with Gasteiger partial charge >= 0.3 is 0 Å². The fourth-order valence-corrected chi connectivity index (χ4v) is 6.84. The number of hydrogen-bond donors (Lipinski definition) is 1. The van der Waals surface area contributed by atoms with Crippen LogP contribution in [0.15, 0.2) is 78.9 Å². The summed E-state index contributed by atoms with van der Waals surface area (Å²) in [4.78, 5) is 47.8. The average Bonchev–Trinajstić information content (AvgIpc) is 3.23. The minimum absolute atomic E-state index is 0.133. The minimum Gasteiger partial charge on any atom is -0.497 e.